The summed E-state index contributed by atoms with van der Waals surface area (Å²) in [5.74, 6) is -19.2. The number of hydrogen-bond donors (Lipinski definition) is 18. The maximum Gasteiger partial charge on any atom is 0.408 e. The van der Waals surface area contributed by atoms with Crippen LogP contribution in [0.4, 0.5) is 15.3 Å². The van der Waals surface area contributed by atoms with Gasteiger partial charge in [-0.05, 0) is 159 Å². The third-order valence-electron chi connectivity index (χ3n) is 23.8. The number of urea groups is 1. The number of anilines is 1. The van der Waals surface area contributed by atoms with Crippen LogP contribution in [0.2, 0.25) is 10.0 Å². The number of primary amides is 1. The number of hydrogen-bond acceptors (Lipinski definition) is 26. The molecular formula is C90H109Cl2N9O26. The second-order valence-electron chi connectivity index (χ2n) is 33.7. The van der Waals surface area contributed by atoms with E-state index in [0.29, 0.717) is 44.3 Å². The highest BCUT2D eigenvalue weighted by Gasteiger charge is 2.56. The first-order valence-electron chi connectivity index (χ1n) is 42.7. The number of unbranched alkanes of at least 4 members (excludes halogenated alkanes) is 6. The number of alkyl carbamates (subject to hydrolysis) is 1. The summed E-state index contributed by atoms with van der Waals surface area (Å²) < 4.78 is 44.8. The van der Waals surface area contributed by atoms with Gasteiger partial charge in [0, 0.05) is 67.1 Å². The average molecular weight is 1800 g/mol. The van der Waals surface area contributed by atoms with Gasteiger partial charge in [-0.1, -0.05) is 113 Å². The maximum atomic E-state index is 16.5. The molecule has 37 heteroatoms. The van der Waals surface area contributed by atoms with E-state index in [2.05, 4.69) is 49.5 Å². The Hall–Kier alpha value is -11.0. The number of carbonyl (C=O) groups excluding carboxylic acids is 9. The van der Waals surface area contributed by atoms with E-state index >= 15 is 24.0 Å². The number of phenols is 3. The number of carbonyl (C=O) groups is 10. The van der Waals surface area contributed by atoms with Crippen LogP contribution in [0, 0.1) is 17.8 Å². The van der Waals surface area contributed by atoms with E-state index in [-0.39, 0.29) is 76.7 Å². The minimum Gasteiger partial charge on any atom is -0.507 e. The monoisotopic (exact) mass is 1800 g/mol. The summed E-state index contributed by atoms with van der Waals surface area (Å²) in [6.45, 7) is 10.3. The number of phenolic OH excluding ortho intramolecular Hbond substituents is 3. The standard InChI is InChI=1S/C90H109Cl2N9O26/c1-7-9-10-13-16-44-17-22-51(23-18-44)96-88(119)95-28-15-12-11-14-27-94-40-55-59(104)38-54-69(76(55)110)53-30-46(19-24-58(53)103)52-37-61(106)70-49-34-64(122-62-25-20-47(31-56(62)91)74(108)72(99-82(113)45(8-2)29-42(3)4)60(105)33-50(36-67(93)107)83(114)97-70)79(65(35-49)123-63-26-21-48(32-57(63)92)75(109)73(100-84(52)115)85(116)98-71(54)86(117)118)126-87-80(78(112)77(111)66(41-102)124-87)125-68-39-90(6)81(43(5)121-68)127-89(120)101-90/h17-26,30-32,34-35,38,42-43,45,50,52,66,68,70-75,77-78,80-81,87,94,102-104,108-112H,7-16,27-29,33,36-37,39-41H2,1-6H3,(H2,93,107)(H,97,114)(H,98,116)(H,99,113)(H,100,115)(H,101,120)(H,117,118)(H2,95,96,119)/t43-,45+,50-,52+,66+,68-,70+,71-,72-,73-,74+,75+,77+,78-,80+,81+,87-,90-/m0/s1. The van der Waals surface area contributed by atoms with Crippen molar-refractivity contribution in [2.75, 3.05) is 25.0 Å². The van der Waals surface area contributed by atoms with Crippen molar-refractivity contribution in [3.63, 3.8) is 0 Å². The van der Waals surface area contributed by atoms with E-state index in [4.69, 9.17) is 62.1 Å². The maximum absolute atomic E-state index is 16.5. The number of aromatic hydroxyl groups is 3. The lowest BCUT2D eigenvalue weighted by Gasteiger charge is -2.46. The molecule has 0 aliphatic carbocycles. The first-order chi connectivity index (χ1) is 60.5. The van der Waals surface area contributed by atoms with E-state index in [0.717, 1.165) is 68.1 Å². The Bertz CT molecular complexity index is 5080. The molecule has 8 amide bonds. The smallest absolute Gasteiger partial charge is 0.408 e. The molecule has 0 radical (unpaired) electrons. The van der Waals surface area contributed by atoms with E-state index < -0.39 is 250 Å². The summed E-state index contributed by atoms with van der Waals surface area (Å²) in [4.78, 5) is 146. The van der Waals surface area contributed by atoms with Crippen molar-refractivity contribution in [1.29, 1.82) is 0 Å². The molecule has 0 unspecified atom stereocenters. The third-order valence-corrected chi connectivity index (χ3v) is 24.4. The number of nitrogens with one attached hydrogen (secondary N) is 8. The predicted octanol–water partition coefficient (Wildman–Crippen LogP) is 8.90. The number of aryl methyl sites for hydroxylation is 1. The predicted molar refractivity (Wildman–Crippen MR) is 458 cm³/mol. The summed E-state index contributed by atoms with van der Waals surface area (Å²) in [5, 5.41) is 129. The van der Waals surface area contributed by atoms with Crippen molar-refractivity contribution in [2.45, 2.75) is 241 Å². The summed E-state index contributed by atoms with van der Waals surface area (Å²) in [5.41, 5.74) is 3.83. The van der Waals surface area contributed by atoms with Crippen molar-refractivity contribution in [3.8, 4) is 57.1 Å². The number of amides is 8. The highest BCUT2D eigenvalue weighted by atomic mass is 35.5. The molecule has 3 saturated heterocycles. The van der Waals surface area contributed by atoms with Crippen molar-refractivity contribution in [1.82, 2.24) is 37.2 Å². The molecule has 0 saturated carbocycles. The van der Waals surface area contributed by atoms with Gasteiger partial charge in [0.15, 0.2) is 47.6 Å². The molecule has 3 fully saturated rings. The normalized spacial score (nSPS) is 26.2. The quantitative estimate of drug-likeness (QED) is 0.0204. The number of carboxylic acid groups (broad SMARTS) is 1. The van der Waals surface area contributed by atoms with Gasteiger partial charge in [0.25, 0.3) is 0 Å². The van der Waals surface area contributed by atoms with Gasteiger partial charge >= 0.3 is 18.1 Å². The third kappa shape index (κ3) is 22.4. The SMILES string of the molecule is CCCCCCc1ccc(NC(=O)NCCCCCCNCc2c(O)cc3c(c2O)-c2cc(ccc2O)[C@H]2CC(=O)[C@@H]4NC(=O)[C@H](CC(N)=O)CC(=O)[C@H](NC(=O)[C@H](CC)CC(C)C)[C@H](O)c5ccc(c(Cl)c5)Oc5cc4cc(c5O[C@@H]4O[C@H](CO)[C@@H](O)[C@H](O)[C@H]4O[C@H]4C[C@]5(C)NC(=O)O[C@@H]5[C@H](C)O4)Oc4ccc(cc4Cl)[C@@H](O)[C@H](NC2=O)C(=O)N[C@@H]3C(=O)O)cc1. The number of aliphatic hydroxyl groups excluding tert-OH is 5. The van der Waals surface area contributed by atoms with E-state index in [9.17, 15) is 69.9 Å². The Kier molecular flexibility index (Phi) is 31.4. The van der Waals surface area contributed by atoms with Crippen LogP contribution in [0.25, 0.3) is 11.1 Å². The second-order valence-corrected chi connectivity index (χ2v) is 34.5. The lowest BCUT2D eigenvalue weighted by molar-refractivity contribution is -0.332. The number of rotatable bonds is 28. The van der Waals surface area contributed by atoms with Crippen LogP contribution in [0.3, 0.4) is 0 Å². The van der Waals surface area contributed by atoms with Gasteiger partial charge in [-0.3, -0.25) is 33.6 Å². The number of nitrogens with two attached hydrogens (primary N) is 1. The van der Waals surface area contributed by atoms with Gasteiger partial charge in [0.05, 0.1) is 45.7 Å². The minimum atomic E-state index is -2.30. The fourth-order valence-electron chi connectivity index (χ4n) is 17.0. The van der Waals surface area contributed by atoms with Crippen molar-refractivity contribution in [2.24, 2.45) is 23.5 Å². The molecule has 11 bridgehead atoms. The molecule has 8 aliphatic heterocycles. The average Bonchev–Trinajstić information content (AvgIpc) is 1.23. The topological polar surface area (TPSA) is 540 Å². The second kappa shape index (κ2) is 41.9. The summed E-state index contributed by atoms with van der Waals surface area (Å²) >= 11 is 14.4. The van der Waals surface area contributed by atoms with E-state index in [1.54, 1.807) is 20.8 Å². The number of ether oxygens (including phenoxy) is 7. The van der Waals surface area contributed by atoms with Crippen molar-refractivity contribution in [3.05, 3.63) is 146 Å². The molecule has 8 heterocycles. The van der Waals surface area contributed by atoms with E-state index in [1.165, 1.54) is 42.3 Å². The Morgan fingerprint density at radius 3 is 2.00 bits per heavy atom. The lowest BCUT2D eigenvalue weighted by atomic mass is 9.84. The van der Waals surface area contributed by atoms with Gasteiger partial charge in [0.1, 0.15) is 77.4 Å². The Balaban J connectivity index is 0.960. The number of ketones is 2. The molecule has 8 aliphatic rings. The molecule has 0 spiro atoms. The Labute approximate surface area is 741 Å². The minimum absolute atomic E-state index is 0.0322. The molecule has 6 aromatic carbocycles. The number of halogens is 2. The number of carboxylic acids is 1. The fraction of sp³-hybridized carbons (Fsp3) is 0.489. The van der Waals surface area contributed by atoms with Gasteiger partial charge < -0.3 is 127 Å². The molecule has 35 nitrogen and oxygen atoms in total. The summed E-state index contributed by atoms with van der Waals surface area (Å²) in [6.07, 6.45) is -12.2. The first kappa shape index (κ1) is 95.2. The molecule has 684 valence electrons. The molecule has 14 rings (SSSR count). The van der Waals surface area contributed by atoms with E-state index in [1.807, 2.05) is 38.1 Å². The number of aliphatic carboxylic acids is 1. The summed E-state index contributed by atoms with van der Waals surface area (Å²) in [7, 11) is 0. The largest absolute Gasteiger partial charge is 0.507 e. The molecule has 0 aromatic heterocycles. The molecule has 18 atom stereocenters. The summed E-state index contributed by atoms with van der Waals surface area (Å²) in [6, 6.07) is 12.2. The van der Waals surface area contributed by atoms with Crippen LogP contribution in [0.15, 0.2) is 97.1 Å². The molecule has 127 heavy (non-hydrogen) atoms. The molecule has 6 aromatic rings. The highest BCUT2D eigenvalue weighted by molar-refractivity contribution is 6.32. The van der Waals surface area contributed by atoms with Crippen LogP contribution in [0.5, 0.6) is 46.0 Å². The Morgan fingerprint density at radius 1 is 0.701 bits per heavy atom. The van der Waals surface area contributed by atoms with Crippen LogP contribution in [-0.2, 0) is 70.3 Å². The number of aliphatic hydroxyl groups is 5. The van der Waals surface area contributed by atoms with Crippen molar-refractivity contribution < 1.29 is 127 Å². The van der Waals surface area contributed by atoms with Crippen LogP contribution < -0.4 is 62.5 Å². The van der Waals surface area contributed by atoms with Crippen molar-refractivity contribution >= 4 is 88.1 Å². The van der Waals surface area contributed by atoms with Crippen LogP contribution >= 0.6 is 23.2 Å². The van der Waals surface area contributed by atoms with Gasteiger partial charge in [-0.25, -0.2) is 14.4 Å². The van der Waals surface area contributed by atoms with Gasteiger partial charge in [-0.2, -0.15) is 0 Å². The number of benzene rings is 6. The zero-order valence-corrected chi connectivity index (χ0v) is 72.4. The first-order valence-corrected chi connectivity index (χ1v) is 43.4. The number of fused-ring (bicyclic) bond motifs is 16. The molecular weight excluding hydrogens is 1690 g/mol. The molecule has 19 N–H and O–H groups in total. The highest BCUT2D eigenvalue weighted by Crippen LogP contribution is 2.52. The fourth-order valence-corrected chi connectivity index (χ4v) is 17.5. The van der Waals surface area contributed by atoms with Gasteiger partial charge in [0.2, 0.25) is 41.6 Å². The van der Waals surface area contributed by atoms with Gasteiger partial charge in [-0.15, -0.1) is 0 Å². The lowest BCUT2D eigenvalue weighted by Crippen LogP contribution is -2.63. The van der Waals surface area contributed by atoms with Crippen LogP contribution in [-0.4, -0.2) is 192 Å². The zero-order valence-electron chi connectivity index (χ0n) is 70.9. The van der Waals surface area contributed by atoms with Crippen LogP contribution in [0.1, 0.15) is 201 Å². The zero-order chi connectivity index (χ0) is 91.6. The number of Topliss-reactive ketones (excluding diaryl/α,β-unsaturated/α-hetero) is 2. The Morgan fingerprint density at radius 2 is 1.36 bits per heavy atom.